The summed E-state index contributed by atoms with van der Waals surface area (Å²) in [4.78, 5) is 0. The number of aryl methyl sites for hydroxylation is 2. The Bertz CT molecular complexity index is 635. The van der Waals surface area contributed by atoms with Gasteiger partial charge in [0.05, 0.1) is 6.61 Å². The van der Waals surface area contributed by atoms with E-state index in [0.717, 1.165) is 18.8 Å². The van der Waals surface area contributed by atoms with E-state index in [4.69, 9.17) is 4.74 Å². The molecule has 0 fully saturated rings. The molecule has 0 saturated carbocycles. The van der Waals surface area contributed by atoms with Crippen LogP contribution in [0.3, 0.4) is 0 Å². The highest BCUT2D eigenvalue weighted by Gasteiger charge is 2.23. The molecule has 0 aromatic heterocycles. The summed E-state index contributed by atoms with van der Waals surface area (Å²) in [6.45, 7) is 7.37. The molecule has 2 heteroatoms. The van der Waals surface area contributed by atoms with Crippen molar-refractivity contribution in [3.05, 3.63) is 64.7 Å². The number of benzene rings is 2. The molecule has 0 spiro atoms. The van der Waals surface area contributed by atoms with Gasteiger partial charge in [-0.3, -0.25) is 0 Å². The fourth-order valence-electron chi connectivity index (χ4n) is 3.22. The molecule has 0 amide bonds. The lowest BCUT2D eigenvalue weighted by molar-refractivity contribution is 0.246. The second kappa shape index (κ2) is 5.90. The van der Waals surface area contributed by atoms with Gasteiger partial charge in [0.2, 0.25) is 0 Å². The largest absolute Gasteiger partial charge is 0.493 e. The maximum atomic E-state index is 5.74. The minimum absolute atomic E-state index is 0.335. The van der Waals surface area contributed by atoms with Crippen molar-refractivity contribution in [1.82, 2.24) is 5.32 Å². The number of hydrogen-bond donors (Lipinski definition) is 1. The third-order valence-corrected chi connectivity index (χ3v) is 4.30. The predicted molar refractivity (Wildman–Crippen MR) is 86.8 cm³/mol. The first-order valence-electron chi connectivity index (χ1n) is 7.70. The van der Waals surface area contributed by atoms with Gasteiger partial charge in [-0.25, -0.2) is 0 Å². The van der Waals surface area contributed by atoms with Crippen LogP contribution in [-0.2, 0) is 0 Å². The zero-order valence-corrected chi connectivity index (χ0v) is 13.0. The van der Waals surface area contributed by atoms with Gasteiger partial charge in [0.25, 0.3) is 0 Å². The minimum Gasteiger partial charge on any atom is -0.493 e. The van der Waals surface area contributed by atoms with Gasteiger partial charge in [0, 0.05) is 24.1 Å². The Kier molecular flexibility index (Phi) is 3.98. The lowest BCUT2D eigenvalue weighted by atomic mass is 9.96. The van der Waals surface area contributed by atoms with Crippen molar-refractivity contribution in [2.45, 2.75) is 39.3 Å². The lowest BCUT2D eigenvalue weighted by Gasteiger charge is -2.30. The molecule has 0 bridgehead atoms. The Morgan fingerprint density at radius 2 is 1.95 bits per heavy atom. The molecule has 0 radical (unpaired) electrons. The standard InChI is InChI=1S/C19H23NO/c1-13-8-9-16(14(2)12-13)15(3)20-18-10-11-21-19-7-5-4-6-17(18)19/h4-9,12,15,18,20H,10-11H2,1-3H3. The zero-order valence-electron chi connectivity index (χ0n) is 13.0. The summed E-state index contributed by atoms with van der Waals surface area (Å²) < 4.78 is 5.74. The molecule has 1 N–H and O–H groups in total. The molecule has 0 saturated heterocycles. The van der Waals surface area contributed by atoms with Crippen LogP contribution in [0, 0.1) is 13.8 Å². The van der Waals surface area contributed by atoms with Crippen molar-refractivity contribution in [2.75, 3.05) is 6.61 Å². The fraction of sp³-hybridized carbons (Fsp3) is 0.368. The number of nitrogens with one attached hydrogen (secondary N) is 1. The molecule has 0 aliphatic carbocycles. The molecule has 2 aromatic carbocycles. The molecule has 2 nitrogen and oxygen atoms in total. The number of ether oxygens (including phenoxy) is 1. The summed E-state index contributed by atoms with van der Waals surface area (Å²) in [7, 11) is 0. The fourth-order valence-corrected chi connectivity index (χ4v) is 3.22. The molecule has 2 atom stereocenters. The third-order valence-electron chi connectivity index (χ3n) is 4.30. The normalized spacial score (nSPS) is 18.7. The van der Waals surface area contributed by atoms with E-state index in [1.165, 1.54) is 22.3 Å². The molecule has 3 rings (SSSR count). The Balaban J connectivity index is 1.81. The molecule has 1 heterocycles. The monoisotopic (exact) mass is 281 g/mol. The summed E-state index contributed by atoms with van der Waals surface area (Å²) in [5, 5.41) is 3.77. The van der Waals surface area contributed by atoms with Gasteiger partial charge in [0.1, 0.15) is 5.75 Å². The second-order valence-electron chi connectivity index (χ2n) is 5.98. The summed E-state index contributed by atoms with van der Waals surface area (Å²) >= 11 is 0. The Morgan fingerprint density at radius 1 is 1.14 bits per heavy atom. The summed E-state index contributed by atoms with van der Waals surface area (Å²) in [6, 6.07) is 15.7. The van der Waals surface area contributed by atoms with Gasteiger partial charge in [0.15, 0.2) is 0 Å². The molecule has 2 unspecified atom stereocenters. The maximum Gasteiger partial charge on any atom is 0.124 e. The average Bonchev–Trinajstić information content (AvgIpc) is 2.47. The van der Waals surface area contributed by atoms with Crippen molar-refractivity contribution in [2.24, 2.45) is 0 Å². The van der Waals surface area contributed by atoms with Crippen molar-refractivity contribution >= 4 is 0 Å². The maximum absolute atomic E-state index is 5.74. The molecule has 21 heavy (non-hydrogen) atoms. The van der Waals surface area contributed by atoms with Crippen LogP contribution in [0.2, 0.25) is 0 Å². The summed E-state index contributed by atoms with van der Waals surface area (Å²) in [5.74, 6) is 1.02. The Hall–Kier alpha value is -1.80. The highest BCUT2D eigenvalue weighted by molar-refractivity contribution is 5.38. The molecule has 1 aliphatic rings. The van der Waals surface area contributed by atoms with E-state index >= 15 is 0 Å². The van der Waals surface area contributed by atoms with Crippen LogP contribution in [0.1, 0.15) is 47.7 Å². The minimum atomic E-state index is 0.335. The smallest absolute Gasteiger partial charge is 0.124 e. The zero-order chi connectivity index (χ0) is 14.8. The average molecular weight is 281 g/mol. The van der Waals surface area contributed by atoms with E-state index in [2.05, 4.69) is 62.5 Å². The number of para-hydroxylation sites is 1. The SMILES string of the molecule is Cc1ccc(C(C)NC2CCOc3ccccc32)c(C)c1. The van der Waals surface area contributed by atoms with Gasteiger partial charge in [-0.15, -0.1) is 0 Å². The van der Waals surface area contributed by atoms with Crippen molar-refractivity contribution < 1.29 is 4.74 Å². The van der Waals surface area contributed by atoms with Crippen LogP contribution in [-0.4, -0.2) is 6.61 Å². The van der Waals surface area contributed by atoms with Crippen LogP contribution in [0.5, 0.6) is 5.75 Å². The van der Waals surface area contributed by atoms with Gasteiger partial charge in [-0.1, -0.05) is 42.0 Å². The Labute approximate surface area is 127 Å². The first kappa shape index (κ1) is 14.2. The van der Waals surface area contributed by atoms with Crippen LogP contribution in [0.25, 0.3) is 0 Å². The van der Waals surface area contributed by atoms with Gasteiger partial charge < -0.3 is 10.1 Å². The first-order valence-corrected chi connectivity index (χ1v) is 7.70. The van der Waals surface area contributed by atoms with Gasteiger partial charge in [-0.05, 0) is 38.0 Å². The highest BCUT2D eigenvalue weighted by atomic mass is 16.5. The van der Waals surface area contributed by atoms with E-state index in [0.29, 0.717) is 12.1 Å². The molecular formula is C19H23NO. The summed E-state index contributed by atoms with van der Waals surface area (Å²) in [5.41, 5.74) is 5.33. The molecular weight excluding hydrogens is 258 g/mol. The predicted octanol–water partition coefficient (Wildman–Crippen LogP) is 4.48. The molecule has 1 aliphatic heterocycles. The van der Waals surface area contributed by atoms with Crippen LogP contribution < -0.4 is 10.1 Å². The topological polar surface area (TPSA) is 21.3 Å². The third kappa shape index (κ3) is 2.96. The first-order chi connectivity index (χ1) is 10.1. The molecule has 110 valence electrons. The van der Waals surface area contributed by atoms with Gasteiger partial charge in [-0.2, -0.15) is 0 Å². The number of rotatable bonds is 3. The van der Waals surface area contributed by atoms with Crippen LogP contribution in [0.4, 0.5) is 0 Å². The molecule has 2 aromatic rings. The van der Waals surface area contributed by atoms with E-state index in [1.54, 1.807) is 0 Å². The van der Waals surface area contributed by atoms with Crippen molar-refractivity contribution in [3.8, 4) is 5.75 Å². The number of hydrogen-bond acceptors (Lipinski definition) is 2. The van der Waals surface area contributed by atoms with E-state index in [1.807, 2.05) is 6.07 Å². The van der Waals surface area contributed by atoms with E-state index in [-0.39, 0.29) is 0 Å². The van der Waals surface area contributed by atoms with Crippen LogP contribution >= 0.6 is 0 Å². The van der Waals surface area contributed by atoms with E-state index < -0.39 is 0 Å². The van der Waals surface area contributed by atoms with Gasteiger partial charge >= 0.3 is 0 Å². The number of fused-ring (bicyclic) bond motifs is 1. The summed E-state index contributed by atoms with van der Waals surface area (Å²) in [6.07, 6.45) is 1.02. The Morgan fingerprint density at radius 3 is 2.76 bits per heavy atom. The second-order valence-corrected chi connectivity index (χ2v) is 5.98. The highest BCUT2D eigenvalue weighted by Crippen LogP contribution is 2.33. The quantitative estimate of drug-likeness (QED) is 0.895. The van der Waals surface area contributed by atoms with E-state index in [9.17, 15) is 0 Å². The van der Waals surface area contributed by atoms with Crippen molar-refractivity contribution in [3.63, 3.8) is 0 Å². The lowest BCUT2D eigenvalue weighted by Crippen LogP contribution is -2.29. The van der Waals surface area contributed by atoms with Crippen LogP contribution in [0.15, 0.2) is 42.5 Å². The van der Waals surface area contributed by atoms with Crippen molar-refractivity contribution in [1.29, 1.82) is 0 Å².